The van der Waals surface area contributed by atoms with E-state index >= 15 is 0 Å². The number of carbonyl (C=O) groups excluding carboxylic acids is 1. The van der Waals surface area contributed by atoms with E-state index in [1.54, 1.807) is 39.0 Å². The van der Waals surface area contributed by atoms with E-state index in [1.807, 2.05) is 0 Å². The van der Waals surface area contributed by atoms with Gasteiger partial charge in [-0.15, -0.1) is 0 Å². The molecule has 0 radical (unpaired) electrons. The maximum Gasteiger partial charge on any atom is 0.408 e. The molecule has 1 amide bonds. The number of rotatable bonds is 2. The Labute approximate surface area is 166 Å². The van der Waals surface area contributed by atoms with Crippen LogP contribution in [0.5, 0.6) is 5.75 Å². The molecule has 27 heavy (non-hydrogen) atoms. The van der Waals surface area contributed by atoms with E-state index in [0.717, 1.165) is 6.42 Å². The average Bonchev–Trinajstić information content (AvgIpc) is 2.54. The highest BCUT2D eigenvalue weighted by Gasteiger charge is 2.56. The molecule has 2 aliphatic heterocycles. The number of halogens is 1. The van der Waals surface area contributed by atoms with Gasteiger partial charge in [0.2, 0.25) is 0 Å². The van der Waals surface area contributed by atoms with E-state index in [2.05, 4.69) is 21.2 Å². The topological polar surface area (TPSA) is 94.1 Å². The summed E-state index contributed by atoms with van der Waals surface area (Å²) in [6.07, 6.45) is 0.670. The number of benzene rings is 1. The van der Waals surface area contributed by atoms with Crippen LogP contribution in [0, 0.1) is 0 Å². The van der Waals surface area contributed by atoms with Gasteiger partial charge in [-0.3, -0.25) is 0 Å². The molecule has 1 aromatic rings. The highest BCUT2D eigenvalue weighted by atomic mass is 79.9. The highest BCUT2D eigenvalue weighted by molar-refractivity contribution is 9.10. The summed E-state index contributed by atoms with van der Waals surface area (Å²) in [7, 11) is 0. The summed E-state index contributed by atoms with van der Waals surface area (Å²) in [5.41, 5.74) is -2.86. The zero-order valence-electron chi connectivity index (χ0n) is 15.6. The molecule has 2 atom stereocenters. The Hall–Kier alpha value is -1.80. The zero-order chi connectivity index (χ0) is 19.9. The van der Waals surface area contributed by atoms with Crippen LogP contribution in [0.4, 0.5) is 4.79 Å². The molecule has 0 bridgehead atoms. The van der Waals surface area contributed by atoms with Crippen LogP contribution < -0.4 is 10.1 Å². The predicted octanol–water partition coefficient (Wildman–Crippen LogP) is 3.59. The second kappa shape index (κ2) is 6.98. The average molecular weight is 442 g/mol. The van der Waals surface area contributed by atoms with Gasteiger partial charge in [0.15, 0.2) is 5.54 Å². The van der Waals surface area contributed by atoms with Crippen molar-refractivity contribution in [3.8, 4) is 5.75 Å². The van der Waals surface area contributed by atoms with E-state index in [1.165, 1.54) is 0 Å². The summed E-state index contributed by atoms with van der Waals surface area (Å²) in [6.45, 7) is 6.06. The highest BCUT2D eigenvalue weighted by Crippen LogP contribution is 2.47. The van der Waals surface area contributed by atoms with Crippen molar-refractivity contribution < 1.29 is 28.9 Å². The van der Waals surface area contributed by atoms with E-state index in [0.29, 0.717) is 28.8 Å². The number of carboxylic acids is 1. The molecule has 3 rings (SSSR count). The number of carboxylic acid groups (broad SMARTS) is 1. The summed E-state index contributed by atoms with van der Waals surface area (Å²) >= 11 is 3.38. The van der Waals surface area contributed by atoms with Crippen LogP contribution in [0.25, 0.3) is 0 Å². The van der Waals surface area contributed by atoms with Crippen LogP contribution >= 0.6 is 15.9 Å². The summed E-state index contributed by atoms with van der Waals surface area (Å²) in [5, 5.41) is 12.8. The Morgan fingerprint density at radius 2 is 2.07 bits per heavy atom. The van der Waals surface area contributed by atoms with Crippen LogP contribution in [-0.2, 0) is 19.8 Å². The monoisotopic (exact) mass is 441 g/mol. The molecule has 2 aliphatic rings. The molecule has 2 N–H and O–H groups in total. The summed E-state index contributed by atoms with van der Waals surface area (Å²) in [4.78, 5) is 25.0. The zero-order valence-corrected chi connectivity index (χ0v) is 17.2. The minimum atomic E-state index is -1.68. The number of carbonyl (C=O) groups is 2. The van der Waals surface area contributed by atoms with Gasteiger partial charge in [0, 0.05) is 23.1 Å². The number of aliphatic carboxylic acids is 1. The number of amides is 1. The van der Waals surface area contributed by atoms with Gasteiger partial charge in [0.05, 0.1) is 6.61 Å². The van der Waals surface area contributed by atoms with Gasteiger partial charge < -0.3 is 24.6 Å². The summed E-state index contributed by atoms with van der Waals surface area (Å²) in [6, 6.07) is 5.16. The van der Waals surface area contributed by atoms with Crippen molar-refractivity contribution in [1.82, 2.24) is 5.32 Å². The lowest BCUT2D eigenvalue weighted by Crippen LogP contribution is -2.62. The quantitative estimate of drug-likeness (QED) is 0.727. The molecule has 8 heteroatoms. The van der Waals surface area contributed by atoms with Crippen molar-refractivity contribution >= 4 is 28.0 Å². The lowest BCUT2D eigenvalue weighted by atomic mass is 9.74. The van der Waals surface area contributed by atoms with Crippen molar-refractivity contribution in [2.75, 3.05) is 13.2 Å². The molecule has 1 fully saturated rings. The van der Waals surface area contributed by atoms with Gasteiger partial charge in [-0.05, 0) is 51.8 Å². The Morgan fingerprint density at radius 1 is 1.33 bits per heavy atom. The SMILES string of the molecule is CC(C)(C)OC(=O)NC1(C(=O)O)CC2(CCCOC2)Oc2ccc(Br)cc21. The van der Waals surface area contributed by atoms with Crippen molar-refractivity contribution in [1.29, 1.82) is 0 Å². The first-order valence-corrected chi connectivity index (χ1v) is 9.66. The number of hydrogen-bond acceptors (Lipinski definition) is 5. The Kier molecular flexibility index (Phi) is 5.16. The van der Waals surface area contributed by atoms with Crippen LogP contribution in [0.1, 0.15) is 45.6 Å². The first kappa shape index (κ1) is 19.9. The second-order valence-corrected chi connectivity index (χ2v) is 9.01. The Balaban J connectivity index is 2.07. The van der Waals surface area contributed by atoms with Gasteiger partial charge in [-0.1, -0.05) is 15.9 Å². The van der Waals surface area contributed by atoms with Gasteiger partial charge in [0.25, 0.3) is 0 Å². The van der Waals surface area contributed by atoms with Crippen LogP contribution in [0.2, 0.25) is 0 Å². The minimum absolute atomic E-state index is 0.0536. The molecular formula is C19H24BrNO6. The van der Waals surface area contributed by atoms with Crippen molar-refractivity contribution in [2.24, 2.45) is 0 Å². The Morgan fingerprint density at radius 3 is 2.67 bits per heavy atom. The summed E-state index contributed by atoms with van der Waals surface area (Å²) < 4.78 is 17.8. The third-order valence-electron chi connectivity index (χ3n) is 4.68. The fourth-order valence-electron chi connectivity index (χ4n) is 3.65. The first-order chi connectivity index (χ1) is 12.6. The van der Waals surface area contributed by atoms with Crippen molar-refractivity contribution in [3.05, 3.63) is 28.2 Å². The van der Waals surface area contributed by atoms with E-state index in [9.17, 15) is 14.7 Å². The standard InChI is InChI=1S/C19H24BrNO6/c1-17(2,3)27-16(24)21-19(15(22)23)10-18(7-4-8-25-11-18)26-14-6-5-12(20)9-13(14)19/h5-6,9H,4,7-8,10-11H2,1-3H3,(H,21,24)(H,22,23). The molecule has 148 valence electrons. The molecule has 1 aromatic carbocycles. The van der Waals surface area contributed by atoms with Crippen molar-refractivity contribution in [3.63, 3.8) is 0 Å². The third kappa shape index (κ3) is 4.06. The number of fused-ring (bicyclic) bond motifs is 1. The molecule has 7 nitrogen and oxygen atoms in total. The maximum absolute atomic E-state index is 12.5. The maximum atomic E-state index is 12.5. The lowest BCUT2D eigenvalue weighted by molar-refractivity contribution is -0.155. The number of ether oxygens (including phenoxy) is 3. The fourth-order valence-corrected chi connectivity index (χ4v) is 4.01. The fraction of sp³-hybridized carbons (Fsp3) is 0.579. The molecule has 1 saturated heterocycles. The molecular weight excluding hydrogens is 418 g/mol. The number of alkyl carbamates (subject to hydrolysis) is 1. The third-order valence-corrected chi connectivity index (χ3v) is 5.17. The number of hydrogen-bond donors (Lipinski definition) is 2. The van der Waals surface area contributed by atoms with E-state index < -0.39 is 28.8 Å². The normalized spacial score (nSPS) is 27.4. The molecule has 0 aliphatic carbocycles. The predicted molar refractivity (Wildman–Crippen MR) is 101 cm³/mol. The van der Waals surface area contributed by atoms with E-state index in [4.69, 9.17) is 14.2 Å². The molecule has 2 unspecified atom stereocenters. The van der Waals surface area contributed by atoms with Crippen LogP contribution in [0.3, 0.4) is 0 Å². The first-order valence-electron chi connectivity index (χ1n) is 8.87. The van der Waals surface area contributed by atoms with E-state index in [-0.39, 0.29) is 13.0 Å². The van der Waals surface area contributed by atoms with Gasteiger partial charge in [-0.25, -0.2) is 9.59 Å². The number of nitrogens with one attached hydrogen (secondary N) is 1. The molecule has 0 aromatic heterocycles. The van der Waals surface area contributed by atoms with Crippen molar-refractivity contribution in [2.45, 2.75) is 56.8 Å². The van der Waals surface area contributed by atoms with Gasteiger partial charge in [0.1, 0.15) is 17.0 Å². The molecule has 2 heterocycles. The Bertz CT molecular complexity index is 753. The minimum Gasteiger partial charge on any atom is -0.484 e. The van der Waals surface area contributed by atoms with Crippen LogP contribution in [0.15, 0.2) is 22.7 Å². The van der Waals surface area contributed by atoms with Gasteiger partial charge in [-0.2, -0.15) is 0 Å². The molecule has 0 saturated carbocycles. The second-order valence-electron chi connectivity index (χ2n) is 8.10. The molecule has 1 spiro atoms. The van der Waals surface area contributed by atoms with Gasteiger partial charge >= 0.3 is 12.1 Å². The lowest BCUT2D eigenvalue weighted by Gasteiger charge is -2.48. The largest absolute Gasteiger partial charge is 0.484 e. The van der Waals surface area contributed by atoms with Crippen LogP contribution in [-0.4, -0.2) is 41.6 Å². The summed E-state index contributed by atoms with van der Waals surface area (Å²) in [5.74, 6) is -0.741. The smallest absolute Gasteiger partial charge is 0.408 e.